The van der Waals surface area contributed by atoms with E-state index in [1.165, 1.54) is 38.0 Å². The second-order valence-corrected chi connectivity index (χ2v) is 4.47. The number of hydrogen-bond acceptors (Lipinski definition) is 2. The van der Waals surface area contributed by atoms with E-state index in [4.69, 9.17) is 0 Å². The van der Waals surface area contributed by atoms with E-state index in [9.17, 15) is 0 Å². The first-order valence-corrected chi connectivity index (χ1v) is 6.35. The van der Waals surface area contributed by atoms with Gasteiger partial charge in [0.1, 0.15) is 0 Å². The van der Waals surface area contributed by atoms with Gasteiger partial charge in [0.05, 0.1) is 0 Å². The molecule has 1 aliphatic rings. The molecule has 1 aliphatic heterocycles. The summed E-state index contributed by atoms with van der Waals surface area (Å²) < 4.78 is 0. The normalized spacial score (nSPS) is 21.4. The summed E-state index contributed by atoms with van der Waals surface area (Å²) in [6.07, 6.45) is 9.22. The van der Waals surface area contributed by atoms with Crippen LogP contribution < -0.4 is 0 Å². The van der Waals surface area contributed by atoms with Crippen molar-refractivity contribution in [2.45, 2.75) is 38.6 Å². The van der Waals surface area contributed by atoms with Gasteiger partial charge in [0, 0.05) is 17.9 Å². The highest BCUT2D eigenvalue weighted by Crippen LogP contribution is 2.20. The summed E-state index contributed by atoms with van der Waals surface area (Å²) in [6, 6.07) is 6.92. The zero-order chi connectivity index (χ0) is 11.2. The molecule has 2 heterocycles. The first-order valence-electron chi connectivity index (χ1n) is 6.35. The summed E-state index contributed by atoms with van der Waals surface area (Å²) in [6.45, 7) is 4.75. The lowest BCUT2D eigenvalue weighted by Gasteiger charge is -2.22. The Morgan fingerprint density at radius 3 is 3.19 bits per heavy atom. The summed E-state index contributed by atoms with van der Waals surface area (Å²) >= 11 is 0. The Labute approximate surface area is 98.7 Å². The van der Waals surface area contributed by atoms with Gasteiger partial charge in [0.25, 0.3) is 0 Å². The van der Waals surface area contributed by atoms with Crippen molar-refractivity contribution in [2.75, 3.05) is 13.1 Å². The fourth-order valence-corrected chi connectivity index (χ4v) is 2.52. The standard InChI is InChI=1S/C14H21N2/c1-2-16-12-6-10-14(16)9-5-8-13-7-3-4-11-15-13/h3-5,7,11,14H,2,6,8-10,12H2,1H3. The van der Waals surface area contributed by atoms with E-state index < -0.39 is 0 Å². The van der Waals surface area contributed by atoms with Crippen molar-refractivity contribution < 1.29 is 0 Å². The van der Waals surface area contributed by atoms with Crippen molar-refractivity contribution in [3.63, 3.8) is 0 Å². The average molecular weight is 217 g/mol. The van der Waals surface area contributed by atoms with Crippen LogP contribution in [0.25, 0.3) is 0 Å². The van der Waals surface area contributed by atoms with Crippen molar-refractivity contribution >= 4 is 0 Å². The predicted octanol–water partition coefficient (Wildman–Crippen LogP) is 2.70. The van der Waals surface area contributed by atoms with Gasteiger partial charge in [-0.25, -0.2) is 0 Å². The van der Waals surface area contributed by atoms with E-state index in [-0.39, 0.29) is 0 Å². The van der Waals surface area contributed by atoms with Crippen LogP contribution in [0, 0.1) is 6.42 Å². The molecule has 1 aromatic rings. The molecule has 0 spiro atoms. The quantitative estimate of drug-likeness (QED) is 0.754. The molecule has 1 aromatic heterocycles. The predicted molar refractivity (Wildman–Crippen MR) is 67.1 cm³/mol. The Morgan fingerprint density at radius 2 is 2.44 bits per heavy atom. The van der Waals surface area contributed by atoms with E-state index in [2.05, 4.69) is 35.4 Å². The number of pyridine rings is 1. The first kappa shape index (κ1) is 11.6. The molecule has 1 fully saturated rings. The van der Waals surface area contributed by atoms with Crippen LogP contribution >= 0.6 is 0 Å². The maximum absolute atomic E-state index is 4.34. The molecule has 16 heavy (non-hydrogen) atoms. The molecule has 1 saturated heterocycles. The molecular formula is C14H21N2. The Bertz CT molecular complexity index is 297. The van der Waals surface area contributed by atoms with Crippen molar-refractivity contribution in [2.24, 2.45) is 0 Å². The lowest BCUT2D eigenvalue weighted by Crippen LogP contribution is -2.29. The van der Waals surface area contributed by atoms with Gasteiger partial charge >= 0.3 is 0 Å². The highest BCUT2D eigenvalue weighted by Gasteiger charge is 2.21. The Hall–Kier alpha value is -0.890. The van der Waals surface area contributed by atoms with Gasteiger partial charge in [-0.15, -0.1) is 0 Å². The van der Waals surface area contributed by atoms with Crippen LogP contribution in [0.5, 0.6) is 0 Å². The third-order valence-electron chi connectivity index (χ3n) is 3.42. The minimum Gasteiger partial charge on any atom is -0.301 e. The van der Waals surface area contributed by atoms with E-state index in [0.717, 1.165) is 12.5 Å². The van der Waals surface area contributed by atoms with Crippen molar-refractivity contribution in [1.29, 1.82) is 0 Å². The molecule has 1 unspecified atom stereocenters. The van der Waals surface area contributed by atoms with Crippen LogP contribution in [0.1, 0.15) is 31.9 Å². The summed E-state index contributed by atoms with van der Waals surface area (Å²) in [4.78, 5) is 6.93. The molecule has 87 valence electrons. The lowest BCUT2D eigenvalue weighted by atomic mass is 10.1. The third-order valence-corrected chi connectivity index (χ3v) is 3.42. The zero-order valence-corrected chi connectivity index (χ0v) is 10.1. The van der Waals surface area contributed by atoms with Crippen LogP contribution in [-0.2, 0) is 6.42 Å². The molecule has 0 aromatic carbocycles. The van der Waals surface area contributed by atoms with Gasteiger partial charge < -0.3 is 4.90 Å². The maximum Gasteiger partial charge on any atom is 0.0406 e. The monoisotopic (exact) mass is 217 g/mol. The van der Waals surface area contributed by atoms with Gasteiger partial charge in [0.2, 0.25) is 0 Å². The maximum atomic E-state index is 4.34. The molecule has 2 heteroatoms. The fourth-order valence-electron chi connectivity index (χ4n) is 2.52. The molecule has 0 saturated carbocycles. The van der Waals surface area contributed by atoms with E-state index in [1.54, 1.807) is 0 Å². The zero-order valence-electron chi connectivity index (χ0n) is 10.1. The molecule has 0 bridgehead atoms. The lowest BCUT2D eigenvalue weighted by molar-refractivity contribution is 0.264. The molecule has 2 nitrogen and oxygen atoms in total. The van der Waals surface area contributed by atoms with Crippen LogP contribution in [0.15, 0.2) is 24.4 Å². The minimum atomic E-state index is 0.786. The topological polar surface area (TPSA) is 16.1 Å². The van der Waals surface area contributed by atoms with Crippen LogP contribution in [0.2, 0.25) is 0 Å². The molecule has 2 rings (SSSR count). The Morgan fingerprint density at radius 1 is 1.50 bits per heavy atom. The second kappa shape index (κ2) is 6.00. The van der Waals surface area contributed by atoms with Gasteiger partial charge in [-0.2, -0.15) is 0 Å². The Balaban J connectivity index is 1.72. The molecule has 1 atom stereocenters. The summed E-state index contributed by atoms with van der Waals surface area (Å²) in [5.74, 6) is 0. The smallest absolute Gasteiger partial charge is 0.0406 e. The van der Waals surface area contributed by atoms with Crippen LogP contribution in [0.3, 0.4) is 0 Å². The molecule has 0 aliphatic carbocycles. The summed E-state index contributed by atoms with van der Waals surface area (Å²) in [7, 11) is 0. The SMILES string of the molecule is CCN1CCCC1C[CH]Cc1ccccn1. The molecule has 0 N–H and O–H groups in total. The highest BCUT2D eigenvalue weighted by molar-refractivity contribution is 5.06. The van der Waals surface area contributed by atoms with Crippen LogP contribution in [-0.4, -0.2) is 29.0 Å². The molecule has 0 amide bonds. The van der Waals surface area contributed by atoms with Gasteiger partial charge in [0.15, 0.2) is 0 Å². The van der Waals surface area contributed by atoms with Crippen molar-refractivity contribution in [3.05, 3.63) is 36.5 Å². The minimum absolute atomic E-state index is 0.786. The average Bonchev–Trinajstić information content (AvgIpc) is 2.78. The number of likely N-dealkylation sites (tertiary alicyclic amines) is 1. The number of hydrogen-bond donors (Lipinski definition) is 0. The second-order valence-electron chi connectivity index (χ2n) is 4.47. The number of nitrogens with zero attached hydrogens (tertiary/aromatic N) is 2. The molecular weight excluding hydrogens is 196 g/mol. The number of aromatic nitrogens is 1. The third kappa shape index (κ3) is 3.05. The number of rotatable bonds is 5. The fraction of sp³-hybridized carbons (Fsp3) is 0.571. The van der Waals surface area contributed by atoms with Gasteiger partial charge in [-0.1, -0.05) is 13.0 Å². The summed E-state index contributed by atoms with van der Waals surface area (Å²) in [5.41, 5.74) is 1.18. The molecule has 1 radical (unpaired) electrons. The first-order chi connectivity index (χ1) is 7.90. The largest absolute Gasteiger partial charge is 0.301 e. The van der Waals surface area contributed by atoms with Gasteiger partial charge in [-0.3, -0.25) is 4.98 Å². The van der Waals surface area contributed by atoms with E-state index >= 15 is 0 Å². The van der Waals surface area contributed by atoms with Gasteiger partial charge in [-0.05, 0) is 57.3 Å². The van der Waals surface area contributed by atoms with Crippen molar-refractivity contribution in [1.82, 2.24) is 9.88 Å². The van der Waals surface area contributed by atoms with E-state index in [1.807, 2.05) is 12.3 Å². The van der Waals surface area contributed by atoms with Crippen LogP contribution in [0.4, 0.5) is 0 Å². The Kier molecular flexibility index (Phi) is 4.34. The van der Waals surface area contributed by atoms with E-state index in [0.29, 0.717) is 0 Å². The highest BCUT2D eigenvalue weighted by atomic mass is 15.2. The van der Waals surface area contributed by atoms with Crippen molar-refractivity contribution in [3.8, 4) is 0 Å². The summed E-state index contributed by atoms with van der Waals surface area (Å²) in [5, 5.41) is 0.